The Hall–Kier alpha value is -2.99. The van der Waals surface area contributed by atoms with Crippen LogP contribution < -0.4 is 10.6 Å². The van der Waals surface area contributed by atoms with Crippen molar-refractivity contribution in [2.45, 2.75) is 0 Å². The second kappa shape index (κ2) is 5.98. The number of carbonyl (C=O) groups is 1. The number of nitrogens with one attached hydrogen (secondary N) is 1. The maximum atomic E-state index is 11.7. The average Bonchev–Trinajstić information content (AvgIpc) is 2.91. The molecule has 104 valence electrons. The van der Waals surface area contributed by atoms with Gasteiger partial charge < -0.3 is 4.84 Å². The summed E-state index contributed by atoms with van der Waals surface area (Å²) in [7, 11) is 0. The third-order valence-electron chi connectivity index (χ3n) is 2.80. The highest BCUT2D eigenvalue weighted by molar-refractivity contribution is 5.94. The van der Waals surface area contributed by atoms with Crippen molar-refractivity contribution in [3.63, 3.8) is 0 Å². The summed E-state index contributed by atoms with van der Waals surface area (Å²) in [5.74, 6) is -0.508. The Bertz CT molecular complexity index is 683. The number of para-hydroxylation sites is 1. The van der Waals surface area contributed by atoms with Crippen molar-refractivity contribution in [1.82, 2.24) is 5.59 Å². The standard InChI is InChI=1S/C15H12N4O2/c20-15-14(11-16-17-12-7-3-1-4-8-12)19(18-21-15)13-9-5-2-6-10-13/h1-11,18H/b14-11-,17-16?. The van der Waals surface area contributed by atoms with E-state index >= 15 is 0 Å². The van der Waals surface area contributed by atoms with E-state index in [2.05, 4.69) is 15.8 Å². The van der Waals surface area contributed by atoms with Crippen LogP contribution in [0, 0.1) is 0 Å². The molecule has 6 heteroatoms. The van der Waals surface area contributed by atoms with Crippen molar-refractivity contribution in [3.8, 4) is 0 Å². The van der Waals surface area contributed by atoms with Crippen LogP contribution in [0.3, 0.4) is 0 Å². The average molecular weight is 280 g/mol. The van der Waals surface area contributed by atoms with Crippen molar-refractivity contribution >= 4 is 17.3 Å². The van der Waals surface area contributed by atoms with Crippen molar-refractivity contribution in [2.24, 2.45) is 10.2 Å². The maximum absolute atomic E-state index is 11.7. The quantitative estimate of drug-likeness (QED) is 0.693. The van der Waals surface area contributed by atoms with Gasteiger partial charge in [-0.1, -0.05) is 42.0 Å². The van der Waals surface area contributed by atoms with Gasteiger partial charge in [-0.2, -0.15) is 10.2 Å². The summed E-state index contributed by atoms with van der Waals surface area (Å²) in [6.07, 6.45) is 1.36. The molecule has 0 aliphatic carbocycles. The first-order valence-corrected chi connectivity index (χ1v) is 6.33. The minimum absolute atomic E-state index is 0.265. The van der Waals surface area contributed by atoms with E-state index in [0.29, 0.717) is 5.69 Å². The molecule has 0 bridgehead atoms. The van der Waals surface area contributed by atoms with Crippen LogP contribution in [0.5, 0.6) is 0 Å². The predicted octanol–water partition coefficient (Wildman–Crippen LogP) is 3.09. The van der Waals surface area contributed by atoms with E-state index in [1.807, 2.05) is 60.7 Å². The summed E-state index contributed by atoms with van der Waals surface area (Å²) in [6, 6.07) is 18.6. The number of hydrazine groups is 1. The number of anilines is 1. The fourth-order valence-corrected chi connectivity index (χ4v) is 1.80. The molecule has 3 rings (SSSR count). The number of benzene rings is 2. The zero-order valence-corrected chi connectivity index (χ0v) is 11.0. The van der Waals surface area contributed by atoms with Gasteiger partial charge in [0.15, 0.2) is 5.70 Å². The van der Waals surface area contributed by atoms with E-state index in [1.165, 1.54) is 11.2 Å². The van der Waals surface area contributed by atoms with E-state index < -0.39 is 5.97 Å². The molecule has 1 heterocycles. The van der Waals surface area contributed by atoms with Gasteiger partial charge in [-0.25, -0.2) is 9.80 Å². The van der Waals surface area contributed by atoms with Crippen LogP contribution >= 0.6 is 0 Å². The van der Waals surface area contributed by atoms with Crippen molar-refractivity contribution in [2.75, 3.05) is 5.01 Å². The molecule has 0 amide bonds. The molecular formula is C15H12N4O2. The Balaban J connectivity index is 1.83. The third-order valence-corrected chi connectivity index (χ3v) is 2.80. The van der Waals surface area contributed by atoms with Crippen LogP contribution in [0.25, 0.3) is 0 Å². The molecule has 1 fully saturated rings. The molecule has 0 saturated carbocycles. The fraction of sp³-hybridized carbons (Fsp3) is 0. The van der Waals surface area contributed by atoms with Crippen LogP contribution in [0.15, 0.2) is 82.8 Å². The molecule has 0 spiro atoms. The second-order valence-electron chi connectivity index (χ2n) is 4.22. The van der Waals surface area contributed by atoms with Crippen LogP contribution in [-0.2, 0) is 9.63 Å². The molecular weight excluding hydrogens is 268 g/mol. The lowest BCUT2D eigenvalue weighted by atomic mass is 10.3. The molecule has 0 aromatic heterocycles. The zero-order valence-electron chi connectivity index (χ0n) is 11.0. The van der Waals surface area contributed by atoms with E-state index in [0.717, 1.165) is 5.69 Å². The summed E-state index contributed by atoms with van der Waals surface area (Å²) in [5.41, 5.74) is 4.28. The highest BCUT2D eigenvalue weighted by atomic mass is 16.7. The van der Waals surface area contributed by atoms with Gasteiger partial charge in [0.25, 0.3) is 0 Å². The van der Waals surface area contributed by atoms with Crippen LogP contribution in [0.1, 0.15) is 0 Å². The lowest BCUT2D eigenvalue weighted by Crippen LogP contribution is -2.28. The lowest BCUT2D eigenvalue weighted by Gasteiger charge is -2.14. The summed E-state index contributed by atoms with van der Waals surface area (Å²) in [5, 5.41) is 9.46. The molecule has 2 aromatic carbocycles. The molecule has 21 heavy (non-hydrogen) atoms. The topological polar surface area (TPSA) is 66.3 Å². The number of nitrogens with zero attached hydrogens (tertiary/aromatic N) is 3. The van der Waals surface area contributed by atoms with Crippen molar-refractivity contribution in [1.29, 1.82) is 0 Å². The largest absolute Gasteiger partial charge is 0.378 e. The van der Waals surface area contributed by atoms with E-state index in [-0.39, 0.29) is 5.70 Å². The Morgan fingerprint density at radius 2 is 1.67 bits per heavy atom. The number of carbonyl (C=O) groups excluding carboxylic acids is 1. The lowest BCUT2D eigenvalue weighted by molar-refractivity contribution is -0.140. The number of hydrogen-bond donors (Lipinski definition) is 1. The normalized spacial score (nSPS) is 16.7. The molecule has 1 aliphatic heterocycles. The molecule has 0 radical (unpaired) electrons. The molecule has 1 saturated heterocycles. The molecule has 6 nitrogen and oxygen atoms in total. The van der Waals surface area contributed by atoms with E-state index in [1.54, 1.807) is 0 Å². The SMILES string of the molecule is O=C1ONN(c2ccccc2)/C1=C\N=Nc1ccccc1. The second-order valence-corrected chi connectivity index (χ2v) is 4.22. The van der Waals surface area contributed by atoms with Gasteiger partial charge in [-0.05, 0) is 24.3 Å². The maximum Gasteiger partial charge on any atom is 0.378 e. The van der Waals surface area contributed by atoms with Crippen LogP contribution in [-0.4, -0.2) is 5.97 Å². The highest BCUT2D eigenvalue weighted by Crippen LogP contribution is 2.21. The smallest absolute Gasteiger partial charge is 0.345 e. The number of hydrogen-bond acceptors (Lipinski definition) is 6. The Labute approximate surface area is 121 Å². The van der Waals surface area contributed by atoms with Gasteiger partial charge in [-0.3, -0.25) is 0 Å². The Kier molecular flexibility index (Phi) is 3.70. The first kappa shape index (κ1) is 13.0. The molecule has 2 aromatic rings. The van der Waals surface area contributed by atoms with Crippen molar-refractivity contribution in [3.05, 3.63) is 72.6 Å². The number of azo groups is 1. The van der Waals surface area contributed by atoms with Gasteiger partial charge in [-0.15, -0.1) is 0 Å². The highest BCUT2D eigenvalue weighted by Gasteiger charge is 2.28. The van der Waals surface area contributed by atoms with Crippen molar-refractivity contribution < 1.29 is 9.63 Å². The molecule has 1 aliphatic rings. The summed E-state index contributed by atoms with van der Waals surface area (Å²) < 4.78 is 0. The number of rotatable bonds is 3. The predicted molar refractivity (Wildman–Crippen MR) is 77.2 cm³/mol. The zero-order chi connectivity index (χ0) is 14.5. The molecule has 0 unspecified atom stereocenters. The Morgan fingerprint density at radius 3 is 2.38 bits per heavy atom. The first-order valence-electron chi connectivity index (χ1n) is 6.33. The summed E-state index contributed by atoms with van der Waals surface area (Å²) in [6.45, 7) is 0. The van der Waals surface area contributed by atoms with Gasteiger partial charge in [0.05, 0.1) is 17.6 Å². The minimum Gasteiger partial charge on any atom is -0.345 e. The van der Waals surface area contributed by atoms with E-state index in [4.69, 9.17) is 4.84 Å². The van der Waals surface area contributed by atoms with Crippen LogP contribution in [0.2, 0.25) is 0 Å². The summed E-state index contributed by atoms with van der Waals surface area (Å²) >= 11 is 0. The van der Waals surface area contributed by atoms with Gasteiger partial charge in [0.2, 0.25) is 0 Å². The van der Waals surface area contributed by atoms with Gasteiger partial charge >= 0.3 is 5.97 Å². The molecule has 0 atom stereocenters. The monoisotopic (exact) mass is 280 g/mol. The third kappa shape index (κ3) is 2.96. The fourth-order valence-electron chi connectivity index (χ4n) is 1.80. The summed E-state index contributed by atoms with van der Waals surface area (Å²) in [4.78, 5) is 16.5. The first-order chi connectivity index (χ1) is 10.3. The Morgan fingerprint density at radius 1 is 1.00 bits per heavy atom. The molecule has 1 N–H and O–H groups in total. The van der Waals surface area contributed by atoms with Gasteiger partial charge in [0, 0.05) is 0 Å². The van der Waals surface area contributed by atoms with E-state index in [9.17, 15) is 4.79 Å². The van der Waals surface area contributed by atoms with Gasteiger partial charge in [0.1, 0.15) is 0 Å². The van der Waals surface area contributed by atoms with Crippen LogP contribution in [0.4, 0.5) is 11.4 Å². The minimum atomic E-state index is -0.508.